The second-order valence-electron chi connectivity index (χ2n) is 11.1. The Balaban J connectivity index is 1.43. The zero-order valence-corrected chi connectivity index (χ0v) is 29.1. The molecule has 0 saturated carbocycles. The van der Waals surface area contributed by atoms with Crippen molar-refractivity contribution in [3.8, 4) is 22.3 Å². The Labute approximate surface area is 284 Å². The van der Waals surface area contributed by atoms with Crippen LogP contribution in [0.3, 0.4) is 0 Å². The van der Waals surface area contributed by atoms with Gasteiger partial charge >= 0.3 is 0 Å². The van der Waals surface area contributed by atoms with Crippen molar-refractivity contribution in [3.05, 3.63) is 107 Å². The summed E-state index contributed by atoms with van der Waals surface area (Å²) in [6.07, 6.45) is 2.31. The maximum absolute atomic E-state index is 12.2. The Morgan fingerprint density at radius 2 is 1.51 bits per heavy atom. The molecule has 4 aromatic carbocycles. The van der Waals surface area contributed by atoms with Crippen LogP contribution in [-0.2, 0) is 30.9 Å². The summed E-state index contributed by atoms with van der Waals surface area (Å²) < 4.78 is 64.3. The van der Waals surface area contributed by atoms with Crippen LogP contribution in [0, 0.1) is 0 Å². The molecule has 6 rings (SSSR count). The number of benzene rings is 4. The van der Waals surface area contributed by atoms with Gasteiger partial charge in [-0.25, -0.2) is 4.21 Å². The van der Waals surface area contributed by atoms with Gasteiger partial charge in [0, 0.05) is 29.3 Å². The highest BCUT2D eigenvalue weighted by atomic mass is 32.2. The van der Waals surface area contributed by atoms with E-state index >= 15 is 0 Å². The first-order valence-corrected chi connectivity index (χ1v) is 19.7. The van der Waals surface area contributed by atoms with Crippen molar-refractivity contribution in [2.24, 2.45) is 0 Å². The molecule has 0 fully saturated rings. The van der Waals surface area contributed by atoms with Crippen LogP contribution in [0.5, 0.6) is 0 Å². The van der Waals surface area contributed by atoms with Crippen LogP contribution in [0.15, 0.2) is 107 Å². The fraction of sp³-hybridized carbons (Fsp3) is 0.200. The van der Waals surface area contributed by atoms with Crippen molar-refractivity contribution < 1.29 is 30.5 Å². The minimum absolute atomic E-state index is 0.0192. The molecular weight excluding hydrogens is 673 g/mol. The van der Waals surface area contributed by atoms with E-state index in [-0.39, 0.29) is 13.0 Å². The van der Waals surface area contributed by atoms with E-state index in [0.717, 1.165) is 58.5 Å². The number of thioether (sulfide) groups is 1. The molecule has 0 amide bonds. The topological polar surface area (TPSA) is 108 Å². The summed E-state index contributed by atoms with van der Waals surface area (Å²) in [5.74, 6) is 0. The van der Waals surface area contributed by atoms with Crippen LogP contribution in [0.25, 0.3) is 38.5 Å². The maximum Gasteiger partial charge on any atom is 0.267 e. The summed E-state index contributed by atoms with van der Waals surface area (Å²) in [6, 6.07) is 32.8. The van der Waals surface area contributed by atoms with E-state index in [9.17, 15) is 21.7 Å². The summed E-state index contributed by atoms with van der Waals surface area (Å²) in [5, 5.41) is 2.04. The van der Waals surface area contributed by atoms with Crippen molar-refractivity contribution in [1.82, 2.24) is 0 Å². The fourth-order valence-corrected chi connectivity index (χ4v) is 8.52. The number of thiazole rings is 1. The van der Waals surface area contributed by atoms with Crippen LogP contribution in [-0.4, -0.2) is 45.5 Å². The standard InChI is InChI=1S/C35H34N2O6S4/c1-3-46(38,39)43-21-20-37-31-23-29(27-12-8-5-9-13-27)15-17-33(31)45-35(37)24-34-36(19-18-25(2)47(40,41)42)30-22-28(14-16-32(30)44-34)26-10-6-4-7-11-26/h3-17,22-25H,18-21H2,1-2H3,(H-,38,39,40,41,42)/p+1. The van der Waals surface area contributed by atoms with Crippen molar-refractivity contribution in [1.29, 1.82) is 0 Å². The largest absolute Gasteiger partial charge is 0.332 e. The lowest BCUT2D eigenvalue weighted by Crippen LogP contribution is -2.37. The van der Waals surface area contributed by atoms with E-state index in [1.807, 2.05) is 36.4 Å². The van der Waals surface area contributed by atoms with Crippen molar-refractivity contribution in [2.75, 3.05) is 18.1 Å². The van der Waals surface area contributed by atoms with E-state index in [1.54, 1.807) is 23.1 Å². The molecular formula is C35H35N2O6S4+. The number of aromatic nitrogens is 1. The van der Waals surface area contributed by atoms with Crippen LogP contribution >= 0.6 is 23.1 Å². The SMILES string of the molecule is CC=S(=O)(O)OCCN1C(=Cc2sc3ccc(-c4ccccc4)cc3[n+]2CCC(C)S(=O)(=O)O)Sc2ccc(-c3ccccc3)cc21. The highest BCUT2D eigenvalue weighted by Gasteiger charge is 2.30. The Hall–Kier alpha value is -3.49. The molecule has 2 atom stereocenters. The predicted molar refractivity (Wildman–Crippen MR) is 195 cm³/mol. The molecule has 1 aliphatic heterocycles. The van der Waals surface area contributed by atoms with E-state index in [2.05, 4.69) is 76.2 Å². The zero-order valence-electron chi connectivity index (χ0n) is 25.9. The normalized spacial score (nSPS) is 15.9. The molecule has 0 aliphatic carbocycles. The quantitative estimate of drug-likeness (QED) is 0.0821. The number of anilines is 1. The average Bonchev–Trinajstić information content (AvgIpc) is 3.59. The van der Waals surface area contributed by atoms with Gasteiger partial charge in [-0.2, -0.15) is 13.0 Å². The highest BCUT2D eigenvalue weighted by Crippen LogP contribution is 2.48. The zero-order chi connectivity index (χ0) is 33.2. The maximum atomic E-state index is 12.2. The Morgan fingerprint density at radius 3 is 2.15 bits per heavy atom. The van der Waals surface area contributed by atoms with E-state index in [4.69, 9.17) is 4.18 Å². The van der Waals surface area contributed by atoms with Crippen molar-refractivity contribution in [3.63, 3.8) is 0 Å². The second-order valence-corrected chi connectivity index (χ2v) is 16.8. The molecule has 0 bridgehead atoms. The molecule has 244 valence electrons. The monoisotopic (exact) mass is 707 g/mol. The molecule has 1 aromatic heterocycles. The predicted octanol–water partition coefficient (Wildman–Crippen LogP) is 7.61. The van der Waals surface area contributed by atoms with Crippen LogP contribution in [0.2, 0.25) is 0 Å². The average molecular weight is 708 g/mol. The lowest BCUT2D eigenvalue weighted by atomic mass is 10.0. The van der Waals surface area contributed by atoms with Crippen LogP contribution in [0.1, 0.15) is 25.3 Å². The minimum Gasteiger partial charge on any atom is -0.332 e. The van der Waals surface area contributed by atoms with Gasteiger partial charge in [0.15, 0.2) is 16.6 Å². The highest BCUT2D eigenvalue weighted by molar-refractivity contribution is 8.04. The van der Waals surface area contributed by atoms with Gasteiger partial charge < -0.3 is 4.90 Å². The third kappa shape index (κ3) is 7.65. The van der Waals surface area contributed by atoms with Gasteiger partial charge in [-0.1, -0.05) is 95.9 Å². The molecule has 8 nitrogen and oxygen atoms in total. The fourth-order valence-electron chi connectivity index (χ4n) is 5.38. The molecule has 1 aliphatic rings. The molecule has 5 aromatic rings. The summed E-state index contributed by atoms with van der Waals surface area (Å²) in [7, 11) is -7.68. The van der Waals surface area contributed by atoms with Crippen molar-refractivity contribution in [2.45, 2.75) is 37.0 Å². The third-order valence-corrected chi connectivity index (χ3v) is 12.6. The number of hydrogen-bond donors (Lipinski definition) is 2. The number of nitrogens with zero attached hydrogens (tertiary/aromatic N) is 2. The first-order valence-electron chi connectivity index (χ1n) is 15.1. The molecule has 2 unspecified atom stereocenters. The summed E-state index contributed by atoms with van der Waals surface area (Å²) >= 11 is 3.20. The molecule has 12 heteroatoms. The number of aryl methyl sites for hydroxylation is 1. The summed E-state index contributed by atoms with van der Waals surface area (Å²) in [4.78, 5) is 3.14. The molecule has 47 heavy (non-hydrogen) atoms. The van der Waals surface area contributed by atoms with Gasteiger partial charge in [0.05, 0.1) is 28.6 Å². The van der Waals surface area contributed by atoms with Crippen LogP contribution in [0.4, 0.5) is 5.69 Å². The summed E-state index contributed by atoms with van der Waals surface area (Å²) in [5.41, 5.74) is 6.18. The Kier molecular flexibility index (Phi) is 9.90. The molecule has 2 heterocycles. The van der Waals surface area contributed by atoms with Crippen molar-refractivity contribution >= 4 is 70.6 Å². The second kappa shape index (κ2) is 13.9. The molecule has 2 N–H and O–H groups in total. The van der Waals surface area contributed by atoms with Gasteiger partial charge in [0.25, 0.3) is 15.1 Å². The first-order chi connectivity index (χ1) is 22.5. The van der Waals surface area contributed by atoms with E-state index < -0.39 is 25.5 Å². The molecule has 0 saturated heterocycles. The van der Waals surface area contributed by atoms with Gasteiger partial charge in [-0.3, -0.25) is 13.3 Å². The van der Waals surface area contributed by atoms with Gasteiger partial charge in [-0.05, 0) is 54.3 Å². The lowest BCUT2D eigenvalue weighted by molar-refractivity contribution is -0.669. The Bertz CT molecular complexity index is 2170. The van der Waals surface area contributed by atoms with Gasteiger partial charge in [0.1, 0.15) is 4.70 Å². The van der Waals surface area contributed by atoms with Gasteiger partial charge in [0.2, 0.25) is 5.52 Å². The van der Waals surface area contributed by atoms with E-state index in [0.29, 0.717) is 13.1 Å². The molecule has 0 spiro atoms. The third-order valence-electron chi connectivity index (χ3n) is 8.05. The van der Waals surface area contributed by atoms with Gasteiger partial charge in [-0.15, -0.1) is 0 Å². The van der Waals surface area contributed by atoms with E-state index in [1.165, 1.54) is 13.8 Å². The Morgan fingerprint density at radius 1 is 0.872 bits per heavy atom. The number of fused-ring (bicyclic) bond motifs is 2. The molecule has 0 radical (unpaired) electrons. The number of rotatable bonds is 11. The summed E-state index contributed by atoms with van der Waals surface area (Å²) in [6.45, 7) is 3.73. The number of hydrogen-bond acceptors (Lipinski definition) is 7. The first kappa shape index (κ1) is 33.4. The lowest BCUT2D eigenvalue weighted by Gasteiger charge is -2.21. The van der Waals surface area contributed by atoms with Crippen LogP contribution < -0.4 is 9.47 Å². The smallest absolute Gasteiger partial charge is 0.267 e. The minimum atomic E-state index is -4.19.